The molecular formula is C25H18FN3O3S. The molecule has 2 amide bonds. The Balaban J connectivity index is 1.26. The van der Waals surface area contributed by atoms with Gasteiger partial charge in [-0.15, -0.1) is 11.3 Å². The molecule has 0 atom stereocenters. The number of nitrogens with zero attached hydrogens (tertiary/aromatic N) is 2. The van der Waals surface area contributed by atoms with Gasteiger partial charge in [-0.3, -0.25) is 14.9 Å². The van der Waals surface area contributed by atoms with Crippen LogP contribution in [0.15, 0.2) is 78.2 Å². The lowest BCUT2D eigenvalue weighted by Gasteiger charge is -2.29. The van der Waals surface area contributed by atoms with E-state index in [2.05, 4.69) is 10.3 Å². The summed E-state index contributed by atoms with van der Waals surface area (Å²) in [4.78, 5) is 31.1. The molecule has 0 saturated carbocycles. The molecule has 3 aromatic carbocycles. The number of hydrogen-bond acceptors (Lipinski definition) is 5. The molecule has 1 N–H and O–H groups in total. The van der Waals surface area contributed by atoms with Crippen molar-refractivity contribution in [2.45, 2.75) is 6.54 Å². The fraction of sp³-hybridized carbons (Fsp3) is 0.0800. The van der Waals surface area contributed by atoms with Gasteiger partial charge in [-0.25, -0.2) is 9.37 Å². The number of anilines is 2. The van der Waals surface area contributed by atoms with Crippen LogP contribution >= 0.6 is 11.3 Å². The van der Waals surface area contributed by atoms with E-state index in [0.29, 0.717) is 28.7 Å². The summed E-state index contributed by atoms with van der Waals surface area (Å²) in [7, 11) is 0. The number of halogens is 1. The van der Waals surface area contributed by atoms with E-state index in [1.165, 1.54) is 23.5 Å². The molecular weight excluding hydrogens is 441 g/mol. The average Bonchev–Trinajstić information content (AvgIpc) is 3.30. The second kappa shape index (κ2) is 8.84. The Hall–Kier alpha value is -4.04. The maximum absolute atomic E-state index is 13.1. The second-order valence-corrected chi connectivity index (χ2v) is 8.29. The Morgan fingerprint density at radius 1 is 1.06 bits per heavy atom. The van der Waals surface area contributed by atoms with E-state index in [1.54, 1.807) is 29.2 Å². The topological polar surface area (TPSA) is 71.5 Å². The zero-order valence-electron chi connectivity index (χ0n) is 17.3. The van der Waals surface area contributed by atoms with Gasteiger partial charge < -0.3 is 9.64 Å². The molecule has 0 unspecified atom stereocenters. The minimum Gasteiger partial charge on any atom is -0.482 e. The number of ether oxygens (including phenoxy) is 1. The van der Waals surface area contributed by atoms with Gasteiger partial charge in [-0.2, -0.15) is 0 Å². The maximum Gasteiger partial charge on any atom is 0.265 e. The molecule has 0 saturated heterocycles. The van der Waals surface area contributed by atoms with Crippen molar-refractivity contribution in [1.82, 2.24) is 4.98 Å². The fourth-order valence-corrected chi connectivity index (χ4v) is 4.24. The number of hydrogen-bond donors (Lipinski definition) is 1. The second-order valence-electron chi connectivity index (χ2n) is 7.43. The van der Waals surface area contributed by atoms with Crippen molar-refractivity contribution in [3.63, 3.8) is 0 Å². The van der Waals surface area contributed by atoms with Gasteiger partial charge in [0.25, 0.3) is 11.8 Å². The van der Waals surface area contributed by atoms with E-state index in [0.717, 1.165) is 16.8 Å². The van der Waals surface area contributed by atoms with Crippen LogP contribution in [0.3, 0.4) is 0 Å². The molecule has 33 heavy (non-hydrogen) atoms. The molecule has 6 nitrogen and oxygen atoms in total. The molecule has 0 bridgehead atoms. The van der Waals surface area contributed by atoms with Gasteiger partial charge in [-0.1, -0.05) is 24.3 Å². The number of thiazole rings is 1. The molecule has 0 fully saturated rings. The van der Waals surface area contributed by atoms with Crippen molar-refractivity contribution in [3.05, 3.63) is 95.1 Å². The standard InChI is InChI=1S/C25H18FN3O3S/c26-19-11-9-17(10-12-19)20-15-33-25(27-20)28-24(31)18-7-5-16(6-8-18)13-29-21-3-1-2-4-22(21)32-14-23(29)30/h1-12,15H,13-14H2,(H,27,28,31). The van der Waals surface area contributed by atoms with Gasteiger partial charge in [0.2, 0.25) is 0 Å². The SMILES string of the molecule is O=C(Nc1nc(-c2ccc(F)cc2)cs1)c1ccc(CN2C(=O)COc3ccccc32)cc1. The molecule has 0 spiro atoms. The van der Waals surface area contributed by atoms with Crippen molar-refractivity contribution in [3.8, 4) is 17.0 Å². The average molecular weight is 460 g/mol. The maximum atomic E-state index is 13.1. The fourth-order valence-electron chi connectivity index (χ4n) is 3.53. The van der Waals surface area contributed by atoms with Gasteiger partial charge in [0.15, 0.2) is 11.7 Å². The summed E-state index contributed by atoms with van der Waals surface area (Å²) in [6.45, 7) is 0.389. The lowest BCUT2D eigenvalue weighted by Crippen LogP contribution is -2.38. The minimum atomic E-state index is -0.312. The van der Waals surface area contributed by atoms with Gasteiger partial charge in [0.05, 0.1) is 17.9 Å². The summed E-state index contributed by atoms with van der Waals surface area (Å²) in [5, 5.41) is 5.06. The number of para-hydroxylation sites is 2. The van der Waals surface area contributed by atoms with E-state index < -0.39 is 0 Å². The Morgan fingerprint density at radius 3 is 2.61 bits per heavy atom. The highest BCUT2D eigenvalue weighted by atomic mass is 32.1. The summed E-state index contributed by atoms with van der Waals surface area (Å²) in [6, 6.07) is 20.5. The Bertz CT molecular complexity index is 1320. The lowest BCUT2D eigenvalue weighted by atomic mass is 10.1. The van der Waals surface area contributed by atoms with Crippen LogP contribution in [-0.2, 0) is 11.3 Å². The first kappa shape index (κ1) is 20.8. The van der Waals surface area contributed by atoms with Gasteiger partial charge >= 0.3 is 0 Å². The van der Waals surface area contributed by atoms with Crippen LogP contribution < -0.4 is 15.0 Å². The summed E-state index contributed by atoms with van der Waals surface area (Å²) >= 11 is 1.30. The summed E-state index contributed by atoms with van der Waals surface area (Å²) < 4.78 is 18.6. The molecule has 0 radical (unpaired) electrons. The van der Waals surface area contributed by atoms with Gasteiger partial charge in [-0.05, 0) is 54.1 Å². The lowest BCUT2D eigenvalue weighted by molar-refractivity contribution is -0.121. The predicted molar refractivity (Wildman–Crippen MR) is 125 cm³/mol. The molecule has 5 rings (SSSR count). The zero-order valence-corrected chi connectivity index (χ0v) is 18.1. The van der Waals surface area contributed by atoms with Crippen LogP contribution in [0.1, 0.15) is 15.9 Å². The largest absolute Gasteiger partial charge is 0.482 e. The number of fused-ring (bicyclic) bond motifs is 1. The molecule has 2 heterocycles. The number of carbonyl (C=O) groups is 2. The van der Waals surface area contributed by atoms with Crippen molar-refractivity contribution in [1.29, 1.82) is 0 Å². The van der Waals surface area contributed by atoms with Crippen molar-refractivity contribution < 1.29 is 18.7 Å². The third kappa shape index (κ3) is 4.47. The van der Waals surface area contributed by atoms with Crippen LogP contribution in [0.2, 0.25) is 0 Å². The minimum absolute atomic E-state index is 0.00519. The van der Waals surface area contributed by atoms with E-state index in [1.807, 2.05) is 41.8 Å². The zero-order chi connectivity index (χ0) is 22.8. The van der Waals surface area contributed by atoms with E-state index in [4.69, 9.17) is 4.74 Å². The number of amides is 2. The number of rotatable bonds is 5. The molecule has 164 valence electrons. The molecule has 1 aromatic heterocycles. The quantitative estimate of drug-likeness (QED) is 0.449. The third-order valence-electron chi connectivity index (χ3n) is 5.23. The van der Waals surface area contributed by atoms with Gasteiger partial charge in [0, 0.05) is 16.5 Å². The Labute approximate surface area is 193 Å². The number of benzene rings is 3. The van der Waals surface area contributed by atoms with Crippen LogP contribution in [0, 0.1) is 5.82 Å². The van der Waals surface area contributed by atoms with Crippen LogP contribution in [0.4, 0.5) is 15.2 Å². The van der Waals surface area contributed by atoms with Crippen molar-refractivity contribution in [2.24, 2.45) is 0 Å². The first-order valence-electron chi connectivity index (χ1n) is 10.2. The van der Waals surface area contributed by atoms with Crippen LogP contribution in [0.25, 0.3) is 11.3 Å². The molecule has 4 aromatic rings. The normalized spacial score (nSPS) is 12.8. The first-order chi connectivity index (χ1) is 16.1. The van der Waals surface area contributed by atoms with Crippen molar-refractivity contribution in [2.75, 3.05) is 16.8 Å². The molecule has 1 aliphatic rings. The monoisotopic (exact) mass is 459 g/mol. The first-order valence-corrected chi connectivity index (χ1v) is 11.1. The van der Waals surface area contributed by atoms with Crippen LogP contribution in [0.5, 0.6) is 5.75 Å². The summed E-state index contributed by atoms with van der Waals surface area (Å²) in [6.07, 6.45) is 0. The third-order valence-corrected chi connectivity index (χ3v) is 5.99. The number of carbonyl (C=O) groups excluding carboxylic acids is 2. The number of aromatic nitrogens is 1. The highest BCUT2D eigenvalue weighted by molar-refractivity contribution is 7.14. The smallest absolute Gasteiger partial charge is 0.265 e. The van der Waals surface area contributed by atoms with E-state index in [9.17, 15) is 14.0 Å². The summed E-state index contributed by atoms with van der Waals surface area (Å²) in [5.41, 5.74) is 3.55. The molecule has 0 aliphatic carbocycles. The van der Waals surface area contributed by atoms with Crippen molar-refractivity contribution >= 4 is 34.0 Å². The Morgan fingerprint density at radius 2 is 1.82 bits per heavy atom. The summed E-state index contributed by atoms with van der Waals surface area (Å²) in [5.74, 6) is -0.0321. The highest BCUT2D eigenvalue weighted by Crippen LogP contribution is 2.32. The van der Waals surface area contributed by atoms with Gasteiger partial charge in [0.1, 0.15) is 11.6 Å². The van der Waals surface area contributed by atoms with E-state index >= 15 is 0 Å². The Kier molecular flexibility index (Phi) is 5.58. The number of nitrogens with one attached hydrogen (secondary N) is 1. The molecule has 8 heteroatoms. The predicted octanol–water partition coefficient (Wildman–Crippen LogP) is 5.13. The van der Waals surface area contributed by atoms with Crippen LogP contribution in [-0.4, -0.2) is 23.4 Å². The highest BCUT2D eigenvalue weighted by Gasteiger charge is 2.25. The molecule has 1 aliphatic heterocycles. The van der Waals surface area contributed by atoms with E-state index in [-0.39, 0.29) is 24.2 Å².